The van der Waals surface area contributed by atoms with Crippen molar-refractivity contribution < 1.29 is 9.53 Å². The normalized spacial score (nSPS) is 13.5. The zero-order valence-electron chi connectivity index (χ0n) is 11.3. The first-order valence-corrected chi connectivity index (χ1v) is 6.74. The number of nitriles is 1. The monoisotopic (exact) mass is 282 g/mol. The molecular formula is C15H14N4O2. The molecular weight excluding hydrogens is 268 g/mol. The predicted molar refractivity (Wildman–Crippen MR) is 75.5 cm³/mol. The molecule has 1 aromatic heterocycles. The summed E-state index contributed by atoms with van der Waals surface area (Å²) in [5.41, 5.74) is 2.10. The van der Waals surface area contributed by atoms with Crippen LogP contribution >= 0.6 is 0 Å². The van der Waals surface area contributed by atoms with E-state index in [0.29, 0.717) is 11.5 Å². The van der Waals surface area contributed by atoms with Gasteiger partial charge in [0, 0.05) is 5.92 Å². The Morgan fingerprint density at radius 3 is 2.86 bits per heavy atom. The standard InChI is InChI=1S/C15H14N4O2/c16-8-12-13(11-6-7-11)18-19-14(12)17-15(20)21-9-10-4-2-1-3-5-10/h1-5,11H,6-7,9H2,(H2,17,18,19,20). The van der Waals surface area contributed by atoms with Crippen molar-refractivity contribution >= 4 is 11.9 Å². The Kier molecular flexibility index (Phi) is 3.56. The summed E-state index contributed by atoms with van der Waals surface area (Å²) in [6, 6.07) is 11.5. The lowest BCUT2D eigenvalue weighted by atomic mass is 10.2. The molecule has 0 saturated heterocycles. The lowest BCUT2D eigenvalue weighted by molar-refractivity contribution is 0.155. The number of hydrogen-bond donors (Lipinski definition) is 2. The average molecular weight is 282 g/mol. The zero-order chi connectivity index (χ0) is 14.7. The van der Waals surface area contributed by atoms with Crippen LogP contribution in [-0.2, 0) is 11.3 Å². The minimum absolute atomic E-state index is 0.175. The van der Waals surface area contributed by atoms with E-state index in [0.717, 1.165) is 24.1 Å². The Balaban J connectivity index is 1.61. The third-order valence-electron chi connectivity index (χ3n) is 3.32. The van der Waals surface area contributed by atoms with Gasteiger partial charge in [-0.3, -0.25) is 10.4 Å². The van der Waals surface area contributed by atoms with Crippen LogP contribution in [0.25, 0.3) is 0 Å². The summed E-state index contributed by atoms with van der Waals surface area (Å²) in [5.74, 6) is 0.598. The SMILES string of the molecule is N#Cc1c(NC(=O)OCc2ccccc2)n[nH]c1C1CC1. The lowest BCUT2D eigenvalue weighted by Crippen LogP contribution is -2.14. The van der Waals surface area contributed by atoms with Gasteiger partial charge in [-0.05, 0) is 18.4 Å². The number of amides is 1. The molecule has 0 unspecified atom stereocenters. The van der Waals surface area contributed by atoms with Crippen molar-refractivity contribution in [1.82, 2.24) is 10.2 Å². The van der Waals surface area contributed by atoms with Crippen LogP contribution in [-0.4, -0.2) is 16.3 Å². The molecule has 2 aromatic rings. The summed E-state index contributed by atoms with van der Waals surface area (Å²) in [5, 5.41) is 18.5. The minimum atomic E-state index is -0.621. The van der Waals surface area contributed by atoms with Crippen LogP contribution in [0.15, 0.2) is 30.3 Å². The third-order valence-corrected chi connectivity index (χ3v) is 3.32. The van der Waals surface area contributed by atoms with Crippen molar-refractivity contribution in [1.29, 1.82) is 5.26 Å². The molecule has 1 aliphatic carbocycles. The van der Waals surface area contributed by atoms with E-state index in [9.17, 15) is 10.1 Å². The van der Waals surface area contributed by atoms with Gasteiger partial charge in [0.25, 0.3) is 0 Å². The second kappa shape index (κ2) is 5.67. The first-order valence-electron chi connectivity index (χ1n) is 6.74. The smallest absolute Gasteiger partial charge is 0.413 e. The zero-order valence-corrected chi connectivity index (χ0v) is 11.3. The van der Waals surface area contributed by atoms with E-state index in [-0.39, 0.29) is 12.4 Å². The van der Waals surface area contributed by atoms with Gasteiger partial charge in [0.05, 0.1) is 5.69 Å². The highest BCUT2D eigenvalue weighted by Gasteiger charge is 2.30. The van der Waals surface area contributed by atoms with Crippen LogP contribution < -0.4 is 5.32 Å². The fraction of sp³-hybridized carbons (Fsp3) is 0.267. The Bertz CT molecular complexity index is 683. The molecule has 0 aliphatic heterocycles. The van der Waals surface area contributed by atoms with E-state index in [1.807, 2.05) is 30.3 Å². The molecule has 1 saturated carbocycles. The Hall–Kier alpha value is -2.81. The number of carbonyl (C=O) groups is 1. The quantitative estimate of drug-likeness (QED) is 0.902. The third kappa shape index (κ3) is 3.03. The molecule has 6 heteroatoms. The van der Waals surface area contributed by atoms with E-state index >= 15 is 0 Å². The predicted octanol–water partition coefficient (Wildman–Crippen LogP) is 2.91. The van der Waals surface area contributed by atoms with Gasteiger partial charge in [0.15, 0.2) is 5.82 Å². The van der Waals surface area contributed by atoms with Gasteiger partial charge in [-0.1, -0.05) is 30.3 Å². The summed E-state index contributed by atoms with van der Waals surface area (Å²) in [4.78, 5) is 11.8. The number of aromatic amines is 1. The van der Waals surface area contributed by atoms with E-state index in [2.05, 4.69) is 21.6 Å². The van der Waals surface area contributed by atoms with Crippen molar-refractivity contribution in [3.05, 3.63) is 47.2 Å². The Labute approximate surface area is 121 Å². The highest BCUT2D eigenvalue weighted by Crippen LogP contribution is 2.41. The van der Waals surface area contributed by atoms with Crippen LogP contribution in [0.1, 0.15) is 35.6 Å². The van der Waals surface area contributed by atoms with Crippen molar-refractivity contribution in [2.75, 3.05) is 5.32 Å². The second-order valence-electron chi connectivity index (χ2n) is 4.93. The van der Waals surface area contributed by atoms with Crippen molar-refractivity contribution in [3.63, 3.8) is 0 Å². The Morgan fingerprint density at radius 2 is 2.19 bits per heavy atom. The van der Waals surface area contributed by atoms with Crippen molar-refractivity contribution in [3.8, 4) is 6.07 Å². The molecule has 106 valence electrons. The number of benzene rings is 1. The van der Waals surface area contributed by atoms with Gasteiger partial charge in [-0.2, -0.15) is 10.4 Å². The highest BCUT2D eigenvalue weighted by atomic mass is 16.5. The van der Waals surface area contributed by atoms with Gasteiger partial charge in [0.2, 0.25) is 0 Å². The Morgan fingerprint density at radius 1 is 1.43 bits per heavy atom. The molecule has 1 aromatic carbocycles. The largest absolute Gasteiger partial charge is 0.444 e. The number of ether oxygens (including phenoxy) is 1. The summed E-state index contributed by atoms with van der Waals surface area (Å²) < 4.78 is 5.10. The van der Waals surface area contributed by atoms with Crippen LogP contribution in [0.2, 0.25) is 0 Å². The maximum atomic E-state index is 11.8. The van der Waals surface area contributed by atoms with Gasteiger partial charge in [0.1, 0.15) is 18.2 Å². The number of nitrogens with zero attached hydrogens (tertiary/aromatic N) is 2. The molecule has 21 heavy (non-hydrogen) atoms. The fourth-order valence-corrected chi connectivity index (χ4v) is 2.08. The van der Waals surface area contributed by atoms with Gasteiger partial charge in [-0.25, -0.2) is 4.79 Å². The molecule has 0 bridgehead atoms. The molecule has 0 radical (unpaired) electrons. The van der Waals surface area contributed by atoms with Gasteiger partial charge in [-0.15, -0.1) is 0 Å². The average Bonchev–Trinajstić information content (AvgIpc) is 3.28. The topological polar surface area (TPSA) is 90.8 Å². The van der Waals surface area contributed by atoms with Crippen LogP contribution in [0.3, 0.4) is 0 Å². The molecule has 0 spiro atoms. The molecule has 6 nitrogen and oxygen atoms in total. The minimum Gasteiger partial charge on any atom is -0.444 e. The van der Waals surface area contributed by atoms with Crippen molar-refractivity contribution in [2.45, 2.75) is 25.4 Å². The second-order valence-corrected chi connectivity index (χ2v) is 4.93. The first-order chi connectivity index (χ1) is 10.3. The van der Waals surface area contributed by atoms with Gasteiger partial charge >= 0.3 is 6.09 Å². The molecule has 3 rings (SSSR count). The number of H-pyrrole nitrogens is 1. The molecule has 1 heterocycles. The summed E-state index contributed by atoms with van der Waals surface area (Å²) in [6.45, 7) is 0.175. The van der Waals surface area contributed by atoms with Crippen LogP contribution in [0.4, 0.5) is 10.6 Å². The summed E-state index contributed by atoms with van der Waals surface area (Å²) in [7, 11) is 0. The molecule has 1 amide bonds. The number of carbonyl (C=O) groups excluding carboxylic acids is 1. The number of nitrogens with one attached hydrogen (secondary N) is 2. The van der Waals surface area contributed by atoms with Crippen LogP contribution in [0.5, 0.6) is 0 Å². The molecule has 2 N–H and O–H groups in total. The van der Waals surface area contributed by atoms with E-state index in [4.69, 9.17) is 4.74 Å². The number of hydrogen-bond acceptors (Lipinski definition) is 4. The fourth-order valence-electron chi connectivity index (χ4n) is 2.08. The summed E-state index contributed by atoms with van der Waals surface area (Å²) >= 11 is 0. The van der Waals surface area contributed by atoms with E-state index in [1.54, 1.807) is 0 Å². The van der Waals surface area contributed by atoms with E-state index < -0.39 is 6.09 Å². The van der Waals surface area contributed by atoms with Crippen LogP contribution in [0, 0.1) is 11.3 Å². The number of anilines is 1. The molecule has 0 atom stereocenters. The van der Waals surface area contributed by atoms with Crippen molar-refractivity contribution in [2.24, 2.45) is 0 Å². The highest BCUT2D eigenvalue weighted by molar-refractivity contribution is 5.85. The first kappa shape index (κ1) is 13.2. The number of aromatic nitrogens is 2. The summed E-state index contributed by atoms with van der Waals surface area (Å²) in [6.07, 6.45) is 1.48. The van der Waals surface area contributed by atoms with Gasteiger partial charge < -0.3 is 4.74 Å². The maximum absolute atomic E-state index is 11.8. The maximum Gasteiger partial charge on any atom is 0.413 e. The lowest BCUT2D eigenvalue weighted by Gasteiger charge is -2.05. The molecule has 1 aliphatic rings. The number of rotatable bonds is 4. The van der Waals surface area contributed by atoms with E-state index in [1.165, 1.54) is 0 Å². The molecule has 1 fully saturated rings.